The normalized spacial score (nSPS) is 12.8. The molecular formula is C10H14ClNS. The lowest BCUT2D eigenvalue weighted by molar-refractivity contribution is 0.636. The lowest BCUT2D eigenvalue weighted by Gasteiger charge is -2.06. The van der Waals surface area contributed by atoms with E-state index < -0.39 is 0 Å². The van der Waals surface area contributed by atoms with Gasteiger partial charge in [0.05, 0.1) is 5.03 Å². The number of thioether (sulfide) groups is 1. The second kappa shape index (κ2) is 5.51. The van der Waals surface area contributed by atoms with Gasteiger partial charge in [0.1, 0.15) is 0 Å². The Labute approximate surface area is 88.9 Å². The molecule has 0 unspecified atom stereocenters. The third-order valence-electron chi connectivity index (χ3n) is 1.91. The molecule has 0 amide bonds. The van der Waals surface area contributed by atoms with Crippen LogP contribution in [0.25, 0.3) is 0 Å². The Balaban J connectivity index is 2.45. The van der Waals surface area contributed by atoms with E-state index in [0.29, 0.717) is 0 Å². The molecule has 0 saturated heterocycles. The van der Waals surface area contributed by atoms with Crippen LogP contribution in [-0.2, 0) is 0 Å². The maximum Gasteiger partial charge on any atom is 0.0974 e. The number of hydrogen-bond donors (Lipinski definition) is 0. The van der Waals surface area contributed by atoms with Gasteiger partial charge in [-0.15, -0.1) is 11.8 Å². The molecule has 0 aliphatic carbocycles. The third kappa shape index (κ3) is 4.01. The zero-order valence-corrected chi connectivity index (χ0v) is 9.53. The quantitative estimate of drug-likeness (QED) is 0.708. The lowest BCUT2D eigenvalue weighted by Crippen LogP contribution is -1.95. The fraction of sp³-hybridized carbons (Fsp3) is 0.500. The third-order valence-corrected chi connectivity index (χ3v) is 3.40. The second-order valence-electron chi connectivity index (χ2n) is 3.14. The molecule has 1 aromatic rings. The molecule has 0 aromatic carbocycles. The summed E-state index contributed by atoms with van der Waals surface area (Å²) >= 11 is 7.61. The van der Waals surface area contributed by atoms with Crippen LogP contribution in [0.3, 0.4) is 0 Å². The minimum absolute atomic E-state index is 0.741. The summed E-state index contributed by atoms with van der Waals surface area (Å²) in [6, 6.07) is 3.71. The van der Waals surface area contributed by atoms with Crippen molar-refractivity contribution in [1.82, 2.24) is 4.98 Å². The number of halogens is 1. The van der Waals surface area contributed by atoms with E-state index in [4.69, 9.17) is 11.6 Å². The van der Waals surface area contributed by atoms with E-state index in [1.54, 1.807) is 24.0 Å². The molecule has 0 aliphatic rings. The Kier molecular flexibility index (Phi) is 4.60. The average molecular weight is 216 g/mol. The first-order valence-electron chi connectivity index (χ1n) is 4.46. The summed E-state index contributed by atoms with van der Waals surface area (Å²) < 4.78 is 0. The Morgan fingerprint density at radius 1 is 1.62 bits per heavy atom. The average Bonchev–Trinajstić information content (AvgIpc) is 2.14. The van der Waals surface area contributed by atoms with Gasteiger partial charge in [-0.3, -0.25) is 0 Å². The molecule has 13 heavy (non-hydrogen) atoms. The minimum Gasteiger partial charge on any atom is -0.250 e. The van der Waals surface area contributed by atoms with Crippen molar-refractivity contribution in [3.8, 4) is 0 Å². The van der Waals surface area contributed by atoms with Crippen LogP contribution in [0.5, 0.6) is 0 Å². The molecule has 1 atom stereocenters. The van der Waals surface area contributed by atoms with Crippen molar-refractivity contribution in [2.75, 3.05) is 5.75 Å². The summed E-state index contributed by atoms with van der Waals surface area (Å²) in [6.07, 6.45) is 2.97. The molecule has 72 valence electrons. The smallest absolute Gasteiger partial charge is 0.0974 e. The van der Waals surface area contributed by atoms with Crippen LogP contribution in [0, 0.1) is 5.92 Å². The Morgan fingerprint density at radius 2 is 2.38 bits per heavy atom. The highest BCUT2D eigenvalue weighted by Gasteiger charge is 2.01. The van der Waals surface area contributed by atoms with E-state index >= 15 is 0 Å². The van der Waals surface area contributed by atoms with Gasteiger partial charge < -0.3 is 0 Å². The van der Waals surface area contributed by atoms with E-state index in [1.165, 1.54) is 6.42 Å². The van der Waals surface area contributed by atoms with Gasteiger partial charge in [0.2, 0.25) is 0 Å². The monoisotopic (exact) mass is 215 g/mol. The van der Waals surface area contributed by atoms with Crippen LogP contribution < -0.4 is 0 Å². The molecule has 1 aromatic heterocycles. The maximum atomic E-state index is 5.84. The summed E-state index contributed by atoms with van der Waals surface area (Å²) in [5, 5.41) is 1.79. The van der Waals surface area contributed by atoms with E-state index in [-0.39, 0.29) is 0 Å². The number of nitrogens with zero attached hydrogens (tertiary/aromatic N) is 1. The first-order valence-corrected chi connectivity index (χ1v) is 5.83. The summed E-state index contributed by atoms with van der Waals surface area (Å²) in [6.45, 7) is 4.45. The zero-order valence-electron chi connectivity index (χ0n) is 7.96. The van der Waals surface area contributed by atoms with Crippen LogP contribution in [0.4, 0.5) is 0 Å². The fourth-order valence-corrected chi connectivity index (χ4v) is 2.07. The Bertz CT molecular complexity index is 265. The predicted molar refractivity (Wildman–Crippen MR) is 59.4 cm³/mol. The topological polar surface area (TPSA) is 12.9 Å². The molecule has 0 saturated carbocycles. The number of aromatic nitrogens is 1. The molecule has 1 rings (SSSR count). The van der Waals surface area contributed by atoms with Crippen molar-refractivity contribution in [2.45, 2.75) is 25.3 Å². The molecule has 0 bridgehead atoms. The maximum absolute atomic E-state index is 5.84. The van der Waals surface area contributed by atoms with Crippen molar-refractivity contribution < 1.29 is 0 Å². The van der Waals surface area contributed by atoms with Crippen LogP contribution in [0.1, 0.15) is 20.3 Å². The number of pyridine rings is 1. The van der Waals surface area contributed by atoms with Gasteiger partial charge in [0, 0.05) is 17.0 Å². The van der Waals surface area contributed by atoms with E-state index in [0.717, 1.165) is 21.7 Å². The van der Waals surface area contributed by atoms with Crippen LogP contribution in [0.15, 0.2) is 23.4 Å². The first kappa shape index (κ1) is 10.9. The van der Waals surface area contributed by atoms with Crippen molar-refractivity contribution in [2.24, 2.45) is 5.92 Å². The SMILES string of the molecule is CC[C@@H](C)CSc1cc(Cl)ccn1. The van der Waals surface area contributed by atoms with Crippen LogP contribution >= 0.6 is 23.4 Å². The van der Waals surface area contributed by atoms with Crippen molar-refractivity contribution in [3.05, 3.63) is 23.4 Å². The summed E-state index contributed by atoms with van der Waals surface area (Å²) in [7, 11) is 0. The van der Waals surface area contributed by atoms with Gasteiger partial charge in [-0.1, -0.05) is 31.9 Å². The molecule has 0 N–H and O–H groups in total. The summed E-state index contributed by atoms with van der Waals surface area (Å²) in [5.74, 6) is 1.86. The van der Waals surface area contributed by atoms with Gasteiger partial charge in [-0.2, -0.15) is 0 Å². The standard InChI is InChI=1S/C10H14ClNS/c1-3-8(2)7-13-10-6-9(11)4-5-12-10/h4-6,8H,3,7H2,1-2H3/t8-/m1/s1. The molecule has 3 heteroatoms. The predicted octanol–water partition coefficient (Wildman–Crippen LogP) is 3.87. The highest BCUT2D eigenvalue weighted by Crippen LogP contribution is 2.21. The number of hydrogen-bond acceptors (Lipinski definition) is 2. The van der Waals surface area contributed by atoms with Gasteiger partial charge in [0.15, 0.2) is 0 Å². The zero-order chi connectivity index (χ0) is 9.68. The second-order valence-corrected chi connectivity index (χ2v) is 4.61. The largest absolute Gasteiger partial charge is 0.250 e. The highest BCUT2D eigenvalue weighted by molar-refractivity contribution is 7.99. The van der Waals surface area contributed by atoms with Gasteiger partial charge in [0.25, 0.3) is 0 Å². The van der Waals surface area contributed by atoms with Crippen molar-refractivity contribution in [1.29, 1.82) is 0 Å². The van der Waals surface area contributed by atoms with E-state index in [9.17, 15) is 0 Å². The highest BCUT2D eigenvalue weighted by atomic mass is 35.5. The fourth-order valence-electron chi connectivity index (χ4n) is 0.810. The van der Waals surface area contributed by atoms with Gasteiger partial charge in [-0.05, 0) is 18.1 Å². The van der Waals surface area contributed by atoms with Crippen LogP contribution in [-0.4, -0.2) is 10.7 Å². The molecular weight excluding hydrogens is 202 g/mol. The van der Waals surface area contributed by atoms with Crippen molar-refractivity contribution >= 4 is 23.4 Å². The summed E-state index contributed by atoms with van der Waals surface area (Å²) in [5.41, 5.74) is 0. The van der Waals surface area contributed by atoms with E-state index in [1.807, 2.05) is 6.07 Å². The first-order chi connectivity index (χ1) is 6.22. The Morgan fingerprint density at radius 3 is 3.00 bits per heavy atom. The molecule has 1 heterocycles. The molecule has 0 radical (unpaired) electrons. The van der Waals surface area contributed by atoms with Crippen LogP contribution in [0.2, 0.25) is 5.02 Å². The van der Waals surface area contributed by atoms with Gasteiger partial charge >= 0.3 is 0 Å². The molecule has 1 nitrogen and oxygen atoms in total. The lowest BCUT2D eigenvalue weighted by atomic mass is 10.2. The number of rotatable bonds is 4. The Hall–Kier alpha value is -0.210. The molecule has 0 aliphatic heterocycles. The molecule has 0 spiro atoms. The van der Waals surface area contributed by atoms with Crippen molar-refractivity contribution in [3.63, 3.8) is 0 Å². The van der Waals surface area contributed by atoms with Gasteiger partial charge in [-0.25, -0.2) is 4.98 Å². The van der Waals surface area contributed by atoms with E-state index in [2.05, 4.69) is 18.8 Å². The minimum atomic E-state index is 0.741. The summed E-state index contributed by atoms with van der Waals surface area (Å²) in [4.78, 5) is 4.22. The molecule has 0 fully saturated rings.